The lowest BCUT2D eigenvalue weighted by Crippen LogP contribution is -2.44. The number of nitrogens with zero attached hydrogens (tertiary/aromatic N) is 1. The minimum absolute atomic E-state index is 0.348. The van der Waals surface area contributed by atoms with Crippen LogP contribution >= 0.6 is 0 Å². The number of nitrogens with one attached hydrogen (secondary N) is 1. The Kier molecular flexibility index (Phi) is 5.86. The first-order valence-electron chi connectivity index (χ1n) is 8.01. The lowest BCUT2D eigenvalue weighted by molar-refractivity contribution is 0.169. The van der Waals surface area contributed by atoms with E-state index in [1.165, 1.54) is 24.8 Å². The number of benzene rings is 1. The number of rotatable bonds is 6. The van der Waals surface area contributed by atoms with Crippen LogP contribution in [0.5, 0.6) is 5.75 Å². The van der Waals surface area contributed by atoms with Crippen molar-refractivity contribution >= 4 is 0 Å². The number of phenolic OH excluding ortho intramolecular Hbond substituents is 1. The van der Waals surface area contributed by atoms with Gasteiger partial charge in [-0.2, -0.15) is 0 Å². The number of likely N-dealkylation sites (N-methyl/N-ethyl adjacent to an activating group) is 1. The third-order valence-electron chi connectivity index (χ3n) is 4.38. The predicted octanol–water partition coefficient (Wildman–Crippen LogP) is 3.31. The van der Waals surface area contributed by atoms with Crippen molar-refractivity contribution in [3.63, 3.8) is 0 Å². The van der Waals surface area contributed by atoms with Gasteiger partial charge in [-0.25, -0.2) is 0 Å². The van der Waals surface area contributed by atoms with Gasteiger partial charge in [-0.15, -0.1) is 0 Å². The summed E-state index contributed by atoms with van der Waals surface area (Å²) >= 11 is 0. The molecular formula is C17H28N2O. The van der Waals surface area contributed by atoms with E-state index >= 15 is 0 Å². The topological polar surface area (TPSA) is 35.5 Å². The molecule has 3 heteroatoms. The van der Waals surface area contributed by atoms with Gasteiger partial charge in [0, 0.05) is 18.6 Å². The zero-order valence-electron chi connectivity index (χ0n) is 12.8. The van der Waals surface area contributed by atoms with E-state index in [-0.39, 0.29) is 0 Å². The Morgan fingerprint density at radius 2 is 2.00 bits per heavy atom. The molecular weight excluding hydrogens is 248 g/mol. The smallest absolute Gasteiger partial charge is 0.115 e. The number of aromatic hydroxyl groups is 1. The second-order valence-corrected chi connectivity index (χ2v) is 5.75. The van der Waals surface area contributed by atoms with E-state index in [1.54, 1.807) is 12.1 Å². The van der Waals surface area contributed by atoms with Gasteiger partial charge in [0.05, 0.1) is 0 Å². The Hall–Kier alpha value is -1.06. The maximum absolute atomic E-state index is 9.44. The molecule has 0 bridgehead atoms. The van der Waals surface area contributed by atoms with E-state index in [2.05, 4.69) is 36.2 Å². The Morgan fingerprint density at radius 3 is 2.55 bits per heavy atom. The van der Waals surface area contributed by atoms with E-state index in [4.69, 9.17) is 0 Å². The van der Waals surface area contributed by atoms with E-state index < -0.39 is 0 Å². The minimum atomic E-state index is 0.348. The number of hydrogen-bond donors (Lipinski definition) is 2. The molecule has 112 valence electrons. The van der Waals surface area contributed by atoms with Crippen molar-refractivity contribution < 1.29 is 5.11 Å². The lowest BCUT2D eigenvalue weighted by atomic mass is 9.99. The molecule has 0 aromatic heterocycles. The first-order valence-corrected chi connectivity index (χ1v) is 8.01. The van der Waals surface area contributed by atoms with E-state index in [1.807, 2.05) is 0 Å². The fraction of sp³-hybridized carbons (Fsp3) is 0.647. The van der Waals surface area contributed by atoms with Gasteiger partial charge >= 0.3 is 0 Å². The normalized spacial score (nSPS) is 21.1. The molecule has 20 heavy (non-hydrogen) atoms. The lowest BCUT2D eigenvalue weighted by Gasteiger charge is -2.35. The maximum Gasteiger partial charge on any atom is 0.115 e. The van der Waals surface area contributed by atoms with Crippen molar-refractivity contribution in [1.82, 2.24) is 10.2 Å². The van der Waals surface area contributed by atoms with Gasteiger partial charge in [0.2, 0.25) is 0 Å². The molecule has 1 aliphatic rings. The molecule has 0 amide bonds. The summed E-state index contributed by atoms with van der Waals surface area (Å²) < 4.78 is 0. The Morgan fingerprint density at radius 1 is 1.25 bits per heavy atom. The average Bonchev–Trinajstić information content (AvgIpc) is 2.49. The van der Waals surface area contributed by atoms with Gasteiger partial charge in [0.1, 0.15) is 5.75 Å². The molecule has 2 rings (SSSR count). The quantitative estimate of drug-likeness (QED) is 0.837. The first-order chi connectivity index (χ1) is 9.74. The van der Waals surface area contributed by atoms with Crippen LogP contribution in [0.4, 0.5) is 0 Å². The molecule has 1 aromatic rings. The fourth-order valence-corrected chi connectivity index (χ4v) is 3.24. The highest BCUT2D eigenvalue weighted by molar-refractivity contribution is 5.28. The summed E-state index contributed by atoms with van der Waals surface area (Å²) in [5, 5.41) is 13.1. The molecule has 1 aliphatic heterocycles. The van der Waals surface area contributed by atoms with E-state index in [0.29, 0.717) is 17.8 Å². The Bertz CT molecular complexity index is 384. The molecule has 1 fully saturated rings. The summed E-state index contributed by atoms with van der Waals surface area (Å²) in [5.74, 6) is 0.348. The summed E-state index contributed by atoms with van der Waals surface area (Å²) in [4.78, 5) is 2.56. The molecule has 0 saturated carbocycles. The largest absolute Gasteiger partial charge is 0.508 e. The number of piperidine rings is 1. The third-order valence-corrected chi connectivity index (χ3v) is 4.38. The van der Waals surface area contributed by atoms with Crippen molar-refractivity contribution in [3.05, 3.63) is 29.8 Å². The Labute approximate surface area is 123 Å². The van der Waals surface area contributed by atoms with Crippen LogP contribution in [0, 0.1) is 0 Å². The van der Waals surface area contributed by atoms with Crippen molar-refractivity contribution in [2.24, 2.45) is 0 Å². The fourth-order valence-electron chi connectivity index (χ4n) is 3.24. The summed E-state index contributed by atoms with van der Waals surface area (Å²) in [6.45, 7) is 7.84. The number of hydrogen-bond acceptors (Lipinski definition) is 3. The van der Waals surface area contributed by atoms with Crippen LogP contribution in [0.25, 0.3) is 0 Å². The molecule has 3 nitrogen and oxygen atoms in total. The van der Waals surface area contributed by atoms with Crippen LogP contribution in [0.15, 0.2) is 24.3 Å². The zero-order valence-corrected chi connectivity index (χ0v) is 12.8. The molecule has 1 heterocycles. The van der Waals surface area contributed by atoms with Crippen molar-refractivity contribution in [1.29, 1.82) is 0 Å². The summed E-state index contributed by atoms with van der Waals surface area (Å²) in [7, 11) is 0. The molecule has 0 radical (unpaired) electrons. The standard InChI is InChI=1S/C17H28N2O/c1-3-17(14-8-10-16(20)11-9-14)19(4-2)13-15-7-5-6-12-18-15/h8-11,15,17-18,20H,3-7,12-13H2,1-2H3. The van der Waals surface area contributed by atoms with Gasteiger partial charge in [-0.05, 0) is 50.0 Å². The molecule has 2 N–H and O–H groups in total. The van der Waals surface area contributed by atoms with Gasteiger partial charge < -0.3 is 10.4 Å². The molecule has 2 atom stereocenters. The molecule has 0 aliphatic carbocycles. The molecule has 0 spiro atoms. The van der Waals surface area contributed by atoms with E-state index in [9.17, 15) is 5.11 Å². The first kappa shape index (κ1) is 15.3. The van der Waals surface area contributed by atoms with Gasteiger partial charge in [-0.1, -0.05) is 32.4 Å². The van der Waals surface area contributed by atoms with Crippen LogP contribution in [0.3, 0.4) is 0 Å². The van der Waals surface area contributed by atoms with Gasteiger partial charge in [0.25, 0.3) is 0 Å². The number of phenols is 1. The van der Waals surface area contributed by atoms with Crippen molar-refractivity contribution in [2.45, 2.75) is 51.6 Å². The summed E-state index contributed by atoms with van der Waals surface area (Å²) in [6, 6.07) is 8.79. The second kappa shape index (κ2) is 7.65. The third kappa shape index (κ3) is 3.97. The second-order valence-electron chi connectivity index (χ2n) is 5.75. The SMILES string of the molecule is CCC(c1ccc(O)cc1)N(CC)CC1CCCCN1. The van der Waals surface area contributed by atoms with Gasteiger partial charge in [-0.3, -0.25) is 4.90 Å². The summed E-state index contributed by atoms with van der Waals surface area (Å²) in [6.07, 6.45) is 5.07. The average molecular weight is 276 g/mol. The monoisotopic (exact) mass is 276 g/mol. The highest BCUT2D eigenvalue weighted by atomic mass is 16.3. The molecule has 2 unspecified atom stereocenters. The van der Waals surface area contributed by atoms with Crippen LogP contribution in [0.2, 0.25) is 0 Å². The minimum Gasteiger partial charge on any atom is -0.508 e. The Balaban J connectivity index is 2.04. The molecule has 1 aromatic carbocycles. The van der Waals surface area contributed by atoms with Crippen molar-refractivity contribution in [2.75, 3.05) is 19.6 Å². The van der Waals surface area contributed by atoms with E-state index in [0.717, 1.165) is 26.1 Å². The maximum atomic E-state index is 9.44. The van der Waals surface area contributed by atoms with Crippen molar-refractivity contribution in [3.8, 4) is 5.75 Å². The van der Waals surface area contributed by atoms with Crippen LogP contribution in [-0.2, 0) is 0 Å². The highest BCUT2D eigenvalue weighted by Crippen LogP contribution is 2.26. The predicted molar refractivity (Wildman–Crippen MR) is 84.0 cm³/mol. The molecule has 1 saturated heterocycles. The zero-order chi connectivity index (χ0) is 14.4. The van der Waals surface area contributed by atoms with Crippen LogP contribution < -0.4 is 5.32 Å². The highest BCUT2D eigenvalue weighted by Gasteiger charge is 2.22. The van der Waals surface area contributed by atoms with Crippen LogP contribution in [-0.4, -0.2) is 35.7 Å². The summed E-state index contributed by atoms with van der Waals surface area (Å²) in [5.41, 5.74) is 1.31. The van der Waals surface area contributed by atoms with Crippen LogP contribution in [0.1, 0.15) is 51.1 Å². The van der Waals surface area contributed by atoms with Gasteiger partial charge in [0.15, 0.2) is 0 Å².